The van der Waals surface area contributed by atoms with Crippen molar-refractivity contribution < 1.29 is 22.7 Å². The molecule has 0 saturated carbocycles. The van der Waals surface area contributed by atoms with E-state index in [0.717, 1.165) is 35.4 Å². The Morgan fingerprint density at radius 1 is 1.14 bits per heavy atom. The summed E-state index contributed by atoms with van der Waals surface area (Å²) in [5, 5.41) is 3.01. The van der Waals surface area contributed by atoms with Crippen molar-refractivity contribution in [2.24, 2.45) is 0 Å². The number of rotatable bonds is 5. The van der Waals surface area contributed by atoms with Crippen LogP contribution < -0.4 is 19.1 Å². The Labute approximate surface area is 170 Å². The highest BCUT2D eigenvalue weighted by atomic mass is 32.2. The minimum atomic E-state index is -3.66. The van der Waals surface area contributed by atoms with Crippen molar-refractivity contribution in [3.8, 4) is 11.5 Å². The monoisotopic (exact) mass is 416 g/mol. The molecule has 0 unspecified atom stereocenters. The highest BCUT2D eigenvalue weighted by molar-refractivity contribution is 7.92. The molecule has 1 atom stereocenters. The number of fused-ring (bicyclic) bond motifs is 2. The van der Waals surface area contributed by atoms with E-state index in [1.165, 1.54) is 5.56 Å². The zero-order chi connectivity index (χ0) is 20.4. The van der Waals surface area contributed by atoms with E-state index in [0.29, 0.717) is 30.4 Å². The Morgan fingerprint density at radius 2 is 1.90 bits per heavy atom. The molecule has 2 aliphatic rings. The van der Waals surface area contributed by atoms with Gasteiger partial charge < -0.3 is 14.8 Å². The number of carbonyl (C=O) groups is 1. The number of anilines is 1. The number of benzene rings is 2. The van der Waals surface area contributed by atoms with E-state index >= 15 is 0 Å². The third-order valence-corrected chi connectivity index (χ3v) is 6.35. The van der Waals surface area contributed by atoms with Crippen molar-refractivity contribution in [1.82, 2.24) is 5.32 Å². The van der Waals surface area contributed by atoms with Crippen LogP contribution in [0.2, 0.25) is 0 Å². The summed E-state index contributed by atoms with van der Waals surface area (Å²) in [7, 11) is -3.66. The highest BCUT2D eigenvalue weighted by Gasteiger charge is 2.26. The van der Waals surface area contributed by atoms with Crippen LogP contribution in [-0.4, -0.2) is 40.3 Å². The number of ether oxygens (including phenoxy) is 2. The van der Waals surface area contributed by atoms with Crippen molar-refractivity contribution >= 4 is 21.6 Å². The van der Waals surface area contributed by atoms with Crippen LogP contribution in [0.5, 0.6) is 11.5 Å². The Balaban J connectivity index is 1.53. The summed E-state index contributed by atoms with van der Waals surface area (Å²) < 4.78 is 36.9. The first-order chi connectivity index (χ1) is 13.9. The third kappa shape index (κ3) is 4.32. The first-order valence-corrected chi connectivity index (χ1v) is 11.5. The standard InChI is InChI=1S/C21H24N2O5S/c1-29(25,26)23(16-9-10-19-20(13-16)28-12-11-27-19)14-21(24)22-18-8-4-6-15-5-2-3-7-17(15)18/h2-3,5,7,9-10,13,18H,4,6,8,11-12,14H2,1H3,(H,22,24)/t18-/m0/s1. The van der Waals surface area contributed by atoms with E-state index in [1.54, 1.807) is 18.2 Å². The van der Waals surface area contributed by atoms with Gasteiger partial charge in [-0.25, -0.2) is 8.42 Å². The topological polar surface area (TPSA) is 84.9 Å². The Kier molecular flexibility index (Phi) is 5.36. The van der Waals surface area contributed by atoms with Crippen molar-refractivity contribution in [1.29, 1.82) is 0 Å². The second kappa shape index (κ2) is 7.94. The number of nitrogens with one attached hydrogen (secondary N) is 1. The van der Waals surface area contributed by atoms with Crippen LogP contribution in [0.15, 0.2) is 42.5 Å². The first kappa shape index (κ1) is 19.6. The molecule has 0 radical (unpaired) electrons. The maximum atomic E-state index is 12.8. The molecule has 4 rings (SSSR count). The van der Waals surface area contributed by atoms with Gasteiger partial charge in [0.1, 0.15) is 19.8 Å². The van der Waals surface area contributed by atoms with Gasteiger partial charge >= 0.3 is 0 Å². The van der Waals surface area contributed by atoms with Gasteiger partial charge in [0, 0.05) is 6.07 Å². The quantitative estimate of drug-likeness (QED) is 0.809. The summed E-state index contributed by atoms with van der Waals surface area (Å²) in [5.74, 6) is 0.702. The van der Waals surface area contributed by atoms with Gasteiger partial charge in [-0.2, -0.15) is 0 Å². The highest BCUT2D eigenvalue weighted by Crippen LogP contribution is 2.35. The van der Waals surface area contributed by atoms with Crippen molar-refractivity contribution in [2.45, 2.75) is 25.3 Å². The van der Waals surface area contributed by atoms with E-state index in [4.69, 9.17) is 9.47 Å². The Morgan fingerprint density at radius 3 is 2.69 bits per heavy atom. The number of hydrogen-bond acceptors (Lipinski definition) is 5. The van der Waals surface area contributed by atoms with Gasteiger partial charge in [0.25, 0.3) is 0 Å². The van der Waals surface area contributed by atoms with Gasteiger partial charge in [-0.3, -0.25) is 9.10 Å². The predicted octanol–water partition coefficient (Wildman–Crippen LogP) is 2.42. The number of carbonyl (C=O) groups excluding carboxylic acids is 1. The van der Waals surface area contributed by atoms with Crippen LogP contribution in [-0.2, 0) is 21.2 Å². The van der Waals surface area contributed by atoms with Crippen LogP contribution >= 0.6 is 0 Å². The lowest BCUT2D eigenvalue weighted by Gasteiger charge is -2.28. The lowest BCUT2D eigenvalue weighted by atomic mass is 9.88. The fraction of sp³-hybridized carbons (Fsp3) is 0.381. The summed E-state index contributed by atoms with van der Waals surface area (Å²) >= 11 is 0. The third-order valence-electron chi connectivity index (χ3n) is 5.21. The summed E-state index contributed by atoms with van der Waals surface area (Å²) in [4.78, 5) is 12.8. The normalized spacial score (nSPS) is 17.9. The van der Waals surface area contributed by atoms with Crippen molar-refractivity contribution in [2.75, 3.05) is 30.3 Å². The molecule has 1 aliphatic heterocycles. The van der Waals surface area contributed by atoms with E-state index in [-0.39, 0.29) is 18.5 Å². The molecular weight excluding hydrogens is 392 g/mol. The lowest BCUT2D eigenvalue weighted by Crippen LogP contribution is -2.42. The van der Waals surface area contributed by atoms with E-state index in [9.17, 15) is 13.2 Å². The number of sulfonamides is 1. The van der Waals surface area contributed by atoms with Gasteiger partial charge in [0.05, 0.1) is 18.0 Å². The smallest absolute Gasteiger partial charge is 0.241 e. The number of hydrogen-bond donors (Lipinski definition) is 1. The summed E-state index contributed by atoms with van der Waals surface area (Å²) in [6.07, 6.45) is 3.91. The van der Waals surface area contributed by atoms with Gasteiger partial charge in [-0.05, 0) is 42.5 Å². The number of aryl methyl sites for hydroxylation is 1. The Bertz CT molecular complexity index is 1020. The molecule has 1 aliphatic carbocycles. The van der Waals surface area contributed by atoms with E-state index < -0.39 is 10.0 Å². The molecule has 7 nitrogen and oxygen atoms in total. The number of amides is 1. The molecule has 0 bridgehead atoms. The van der Waals surface area contributed by atoms with Gasteiger partial charge in [0.2, 0.25) is 15.9 Å². The van der Waals surface area contributed by atoms with Crippen LogP contribution in [0.1, 0.15) is 30.0 Å². The first-order valence-electron chi connectivity index (χ1n) is 9.66. The molecular formula is C21H24N2O5S. The second-order valence-corrected chi connectivity index (χ2v) is 9.22. The van der Waals surface area contributed by atoms with Crippen LogP contribution in [0.3, 0.4) is 0 Å². The van der Waals surface area contributed by atoms with E-state index in [2.05, 4.69) is 11.4 Å². The molecule has 2 aromatic carbocycles. The zero-order valence-corrected chi connectivity index (χ0v) is 17.1. The summed E-state index contributed by atoms with van der Waals surface area (Å²) in [6.45, 7) is 0.557. The molecule has 0 aromatic heterocycles. The minimum absolute atomic E-state index is 0.103. The fourth-order valence-electron chi connectivity index (χ4n) is 3.86. The molecule has 154 valence electrons. The summed E-state index contributed by atoms with van der Waals surface area (Å²) in [6, 6.07) is 12.8. The molecule has 1 heterocycles. The summed E-state index contributed by atoms with van der Waals surface area (Å²) in [5.41, 5.74) is 2.71. The molecule has 8 heteroatoms. The van der Waals surface area contributed by atoms with E-state index in [1.807, 2.05) is 18.2 Å². The predicted molar refractivity (Wildman–Crippen MR) is 110 cm³/mol. The SMILES string of the molecule is CS(=O)(=O)N(CC(=O)N[C@H]1CCCc2ccccc21)c1ccc2c(c1)OCCO2. The van der Waals surface area contributed by atoms with Gasteiger partial charge in [-0.1, -0.05) is 24.3 Å². The fourth-order valence-corrected chi connectivity index (χ4v) is 4.71. The molecule has 1 amide bonds. The maximum Gasteiger partial charge on any atom is 0.241 e. The van der Waals surface area contributed by atoms with Crippen LogP contribution in [0.4, 0.5) is 5.69 Å². The number of nitrogens with zero attached hydrogens (tertiary/aromatic N) is 1. The van der Waals surface area contributed by atoms with Gasteiger partial charge in [0.15, 0.2) is 11.5 Å². The lowest BCUT2D eigenvalue weighted by molar-refractivity contribution is -0.120. The second-order valence-electron chi connectivity index (χ2n) is 7.31. The Hall–Kier alpha value is -2.74. The minimum Gasteiger partial charge on any atom is -0.486 e. The molecule has 0 saturated heterocycles. The maximum absolute atomic E-state index is 12.8. The van der Waals surface area contributed by atoms with Crippen molar-refractivity contribution in [3.63, 3.8) is 0 Å². The van der Waals surface area contributed by atoms with Gasteiger partial charge in [-0.15, -0.1) is 0 Å². The molecule has 0 fully saturated rings. The average Bonchev–Trinajstić information content (AvgIpc) is 2.71. The van der Waals surface area contributed by atoms with Crippen LogP contribution in [0, 0.1) is 0 Å². The van der Waals surface area contributed by atoms with Crippen LogP contribution in [0.25, 0.3) is 0 Å². The largest absolute Gasteiger partial charge is 0.486 e. The molecule has 29 heavy (non-hydrogen) atoms. The molecule has 1 N–H and O–H groups in total. The molecule has 2 aromatic rings. The zero-order valence-electron chi connectivity index (χ0n) is 16.3. The average molecular weight is 416 g/mol. The van der Waals surface area contributed by atoms with Crippen molar-refractivity contribution in [3.05, 3.63) is 53.6 Å². The molecule has 0 spiro atoms.